The van der Waals surface area contributed by atoms with E-state index in [4.69, 9.17) is 14.9 Å². The van der Waals surface area contributed by atoms with Gasteiger partial charge in [0.1, 0.15) is 0 Å². The van der Waals surface area contributed by atoms with Crippen molar-refractivity contribution in [1.29, 1.82) is 0 Å². The lowest BCUT2D eigenvalue weighted by molar-refractivity contribution is -0.120. The average Bonchev–Trinajstić information content (AvgIpc) is 3.21. The van der Waals surface area contributed by atoms with Crippen LogP contribution in [0.25, 0.3) is 0 Å². The molecule has 57 heavy (non-hydrogen) atoms. The van der Waals surface area contributed by atoms with Gasteiger partial charge in [0.15, 0.2) is 0 Å². The Morgan fingerprint density at radius 1 is 0.930 bits per heavy atom. The average molecular weight is 787 g/mol. The molecule has 1 saturated carbocycles. The highest BCUT2D eigenvalue weighted by Crippen LogP contribution is 2.31. The van der Waals surface area contributed by atoms with Gasteiger partial charge in [0.05, 0.1) is 12.5 Å². The van der Waals surface area contributed by atoms with Gasteiger partial charge in [0.2, 0.25) is 5.91 Å². The van der Waals surface area contributed by atoms with Gasteiger partial charge >= 0.3 is 0 Å². The molecule has 6 heteroatoms. The second-order valence-corrected chi connectivity index (χ2v) is 13.6. The summed E-state index contributed by atoms with van der Waals surface area (Å²) >= 11 is 0. The summed E-state index contributed by atoms with van der Waals surface area (Å²) < 4.78 is 5.31. The van der Waals surface area contributed by atoms with Gasteiger partial charge in [-0.2, -0.15) is 0 Å². The fraction of sp³-hybridized carbons (Fsp3) is 0.471. The predicted octanol–water partition coefficient (Wildman–Crippen LogP) is 14.0. The highest BCUT2D eigenvalue weighted by molar-refractivity contribution is 5.78. The number of nitrogens with one attached hydrogen (secondary N) is 2. The van der Waals surface area contributed by atoms with E-state index in [1.165, 1.54) is 53.7 Å². The Balaban J connectivity index is -0.00000183. The Labute approximate surface area is 350 Å². The summed E-state index contributed by atoms with van der Waals surface area (Å²) in [5.74, 6) is 1.47. The van der Waals surface area contributed by atoms with Crippen LogP contribution in [0, 0.1) is 18.8 Å². The number of aryl methyl sites for hydroxylation is 2. The Hall–Kier alpha value is -4.55. The summed E-state index contributed by atoms with van der Waals surface area (Å²) in [5, 5.41) is 21.6. The van der Waals surface area contributed by atoms with E-state index in [9.17, 15) is 4.79 Å². The Kier molecular flexibility index (Phi) is 40.9. The number of aliphatic hydroxyl groups is 2. The van der Waals surface area contributed by atoms with E-state index in [1.54, 1.807) is 19.3 Å². The lowest BCUT2D eigenvalue weighted by Crippen LogP contribution is -2.30. The molecule has 1 amide bonds. The minimum Gasteiger partial charge on any atom is -0.516 e. The SMILES string of the molecule is C=C(C)CC(CCc1ccc(C)cc1)NC1=CC=C(CC=C/C=C(\C=C/C)NC(=O)CCC2CCC(COC)CC2)CC1.C=CC=C.C=CO.C=CO.CC.CC. The maximum atomic E-state index is 12.7. The number of carbonyl (C=O) groups is 1. The molecule has 0 aliphatic heterocycles. The van der Waals surface area contributed by atoms with E-state index in [0.29, 0.717) is 24.3 Å². The van der Waals surface area contributed by atoms with Gasteiger partial charge in [-0.05, 0) is 114 Å². The van der Waals surface area contributed by atoms with Crippen molar-refractivity contribution in [3.63, 3.8) is 0 Å². The van der Waals surface area contributed by atoms with Gasteiger partial charge in [-0.3, -0.25) is 4.79 Å². The normalized spacial score (nSPS) is 16.2. The fourth-order valence-corrected chi connectivity index (χ4v) is 6.17. The van der Waals surface area contributed by atoms with Crippen LogP contribution in [0.4, 0.5) is 0 Å². The summed E-state index contributed by atoms with van der Waals surface area (Å²) in [7, 11) is 1.79. The number of hydrogen-bond donors (Lipinski definition) is 4. The molecule has 4 N–H and O–H groups in total. The van der Waals surface area contributed by atoms with Crippen LogP contribution in [0.5, 0.6) is 0 Å². The first-order chi connectivity index (χ1) is 27.6. The summed E-state index contributed by atoms with van der Waals surface area (Å²) in [6.07, 6.45) is 32.2. The Morgan fingerprint density at radius 2 is 1.51 bits per heavy atom. The largest absolute Gasteiger partial charge is 0.516 e. The third kappa shape index (κ3) is 33.3. The van der Waals surface area contributed by atoms with E-state index in [-0.39, 0.29) is 5.91 Å². The number of carbonyl (C=O) groups excluding carboxylic acids is 1. The predicted molar refractivity (Wildman–Crippen MR) is 251 cm³/mol. The number of allylic oxidation sites excluding steroid dienone is 11. The summed E-state index contributed by atoms with van der Waals surface area (Å²) in [5.41, 5.74) is 7.54. The zero-order valence-electron chi connectivity index (χ0n) is 37.3. The van der Waals surface area contributed by atoms with Crippen LogP contribution in [0.1, 0.15) is 123 Å². The first-order valence-corrected chi connectivity index (χ1v) is 21.0. The smallest absolute Gasteiger partial charge is 0.224 e. The zero-order valence-corrected chi connectivity index (χ0v) is 37.3. The molecule has 0 aromatic heterocycles. The number of hydrogen-bond acceptors (Lipinski definition) is 5. The first-order valence-electron chi connectivity index (χ1n) is 21.0. The molecule has 320 valence electrons. The molecule has 1 fully saturated rings. The molecule has 1 aromatic carbocycles. The van der Waals surface area contributed by atoms with Crippen LogP contribution < -0.4 is 10.6 Å². The molecule has 0 radical (unpaired) electrons. The summed E-state index contributed by atoms with van der Waals surface area (Å²) in [4.78, 5) is 12.7. The van der Waals surface area contributed by atoms with Crippen LogP contribution in [0.2, 0.25) is 0 Å². The van der Waals surface area contributed by atoms with Crippen LogP contribution in [0.15, 0.2) is 147 Å². The van der Waals surface area contributed by atoms with Crippen molar-refractivity contribution in [2.45, 2.75) is 132 Å². The number of methoxy groups -OCH3 is 1. The molecule has 6 nitrogen and oxygen atoms in total. The number of benzene rings is 1. The van der Waals surface area contributed by atoms with Crippen molar-refractivity contribution in [1.82, 2.24) is 10.6 Å². The summed E-state index contributed by atoms with van der Waals surface area (Å²) in [6, 6.07) is 9.30. The van der Waals surface area contributed by atoms with E-state index >= 15 is 0 Å². The maximum absolute atomic E-state index is 12.7. The number of aliphatic hydroxyl groups excluding tert-OH is 2. The van der Waals surface area contributed by atoms with Gasteiger partial charge in [-0.1, -0.05) is 144 Å². The second kappa shape index (κ2) is 41.1. The molecule has 0 saturated heterocycles. The van der Waals surface area contributed by atoms with Crippen molar-refractivity contribution < 1.29 is 19.7 Å². The lowest BCUT2D eigenvalue weighted by atomic mass is 9.80. The number of ether oxygens (including phenoxy) is 1. The molecule has 0 heterocycles. The fourth-order valence-electron chi connectivity index (χ4n) is 6.17. The molecular weight excluding hydrogens is 705 g/mol. The highest BCUT2D eigenvalue weighted by atomic mass is 16.5. The molecule has 2 aliphatic rings. The zero-order chi connectivity index (χ0) is 43.7. The third-order valence-electron chi connectivity index (χ3n) is 8.86. The molecule has 1 unspecified atom stereocenters. The van der Waals surface area contributed by atoms with Crippen LogP contribution in [-0.2, 0) is 16.0 Å². The van der Waals surface area contributed by atoms with Crippen LogP contribution >= 0.6 is 0 Å². The number of rotatable bonds is 18. The first kappa shape index (κ1) is 56.8. The number of amides is 1. The molecular formula is C51H82N2O4. The lowest BCUT2D eigenvalue weighted by Gasteiger charge is -2.27. The van der Waals surface area contributed by atoms with Crippen LogP contribution in [0.3, 0.4) is 0 Å². The van der Waals surface area contributed by atoms with E-state index < -0.39 is 0 Å². The van der Waals surface area contributed by atoms with Gasteiger partial charge in [0, 0.05) is 37.6 Å². The monoisotopic (exact) mass is 787 g/mol. The van der Waals surface area contributed by atoms with Gasteiger partial charge in [-0.25, -0.2) is 0 Å². The van der Waals surface area contributed by atoms with Crippen LogP contribution in [-0.4, -0.2) is 35.9 Å². The minimum absolute atomic E-state index is 0.112. The van der Waals surface area contributed by atoms with Crippen molar-refractivity contribution in [2.24, 2.45) is 11.8 Å². The summed E-state index contributed by atoms with van der Waals surface area (Å²) in [6.45, 7) is 31.8. The van der Waals surface area contributed by atoms with E-state index in [1.807, 2.05) is 52.8 Å². The Morgan fingerprint density at radius 3 is 2.00 bits per heavy atom. The van der Waals surface area contributed by atoms with Gasteiger partial charge < -0.3 is 25.6 Å². The molecule has 0 bridgehead atoms. The minimum atomic E-state index is 0.112. The molecule has 0 spiro atoms. The van der Waals surface area contributed by atoms with Crippen molar-refractivity contribution in [3.8, 4) is 0 Å². The maximum Gasteiger partial charge on any atom is 0.224 e. The van der Waals surface area contributed by atoms with Crippen molar-refractivity contribution in [3.05, 3.63) is 158 Å². The van der Waals surface area contributed by atoms with E-state index in [2.05, 4.69) is 106 Å². The second-order valence-electron chi connectivity index (χ2n) is 13.6. The Bertz CT molecular complexity index is 1340. The van der Waals surface area contributed by atoms with Gasteiger partial charge in [-0.15, -0.1) is 6.58 Å². The quantitative estimate of drug-likeness (QED) is 0.0676. The molecule has 1 atom stereocenters. The molecule has 3 rings (SSSR count). The van der Waals surface area contributed by atoms with Gasteiger partial charge in [0.25, 0.3) is 0 Å². The third-order valence-corrected chi connectivity index (χ3v) is 8.86. The van der Waals surface area contributed by atoms with Crippen molar-refractivity contribution >= 4 is 5.91 Å². The van der Waals surface area contributed by atoms with Crippen molar-refractivity contribution in [2.75, 3.05) is 13.7 Å². The molecule has 2 aliphatic carbocycles. The topological polar surface area (TPSA) is 90.8 Å². The highest BCUT2D eigenvalue weighted by Gasteiger charge is 2.21. The standard InChI is InChI=1S/C39H56N2O2.C4H6.2C2H4O.2C2H6/c1-6-9-36(41-39(42)27-23-34-16-18-35(19-17-34)29-43-5)11-8-7-10-32-20-24-37(25-21-32)40-38(28-30(2)3)26-22-33-14-12-31(4)13-15-33;1-3-4-2;2*1-2-3;2*1-2/h6-9,11-15,20,24,34-35,38,40H,2,10,16-19,21-23,25-29H2,1,3-5H3,(H,41,42);3-4H,1-2H2;2*2-3H,1H2;2*1-2H3/b8-7?,9-6-,36-11+;;;;;. The molecule has 1 aromatic rings. The van der Waals surface area contributed by atoms with E-state index in [0.717, 1.165) is 69.8 Å².